The predicted molar refractivity (Wildman–Crippen MR) is 87.5 cm³/mol. The maximum atomic E-state index is 12.9. The van der Waals surface area contributed by atoms with Crippen LogP contribution in [0.4, 0.5) is 0 Å². The number of Topliss-reactive ketones (excluding diaryl/α,β-unsaturated/α-hetero) is 1. The fourth-order valence-electron chi connectivity index (χ4n) is 3.60. The zero-order chi connectivity index (χ0) is 16.0. The fourth-order valence-corrected chi connectivity index (χ4v) is 3.60. The van der Waals surface area contributed by atoms with Gasteiger partial charge in [-0.25, -0.2) is 5.43 Å². The molecule has 1 aromatic carbocycles. The number of amides is 1. The SMILES string of the molecule is CCCNN1C(=O)C2=CC=CCC2=C2C(=O)c3ccccc3C21. The lowest BCUT2D eigenvalue weighted by Crippen LogP contribution is -2.49. The smallest absolute Gasteiger partial charge is 0.269 e. The number of nitrogens with one attached hydrogen (secondary N) is 1. The average Bonchev–Trinajstić information content (AvgIpc) is 2.89. The van der Waals surface area contributed by atoms with Crippen LogP contribution in [0.3, 0.4) is 0 Å². The van der Waals surface area contributed by atoms with Crippen LogP contribution >= 0.6 is 0 Å². The van der Waals surface area contributed by atoms with E-state index < -0.39 is 0 Å². The number of allylic oxidation sites excluding steroid dienone is 3. The molecule has 23 heavy (non-hydrogen) atoms. The Kier molecular flexibility index (Phi) is 3.27. The molecule has 0 bridgehead atoms. The summed E-state index contributed by atoms with van der Waals surface area (Å²) in [7, 11) is 0. The van der Waals surface area contributed by atoms with E-state index in [0.29, 0.717) is 24.1 Å². The van der Waals surface area contributed by atoms with Crippen LogP contribution in [0.2, 0.25) is 0 Å². The topological polar surface area (TPSA) is 49.4 Å². The van der Waals surface area contributed by atoms with Crippen LogP contribution in [0, 0.1) is 0 Å². The summed E-state index contributed by atoms with van der Waals surface area (Å²) in [4.78, 5) is 25.9. The highest BCUT2D eigenvalue weighted by molar-refractivity contribution is 6.18. The highest BCUT2D eigenvalue weighted by Crippen LogP contribution is 2.47. The number of carbonyl (C=O) groups is 2. The second-order valence-corrected chi connectivity index (χ2v) is 6.01. The molecule has 0 spiro atoms. The van der Waals surface area contributed by atoms with Gasteiger partial charge in [-0.2, -0.15) is 0 Å². The highest BCUT2D eigenvalue weighted by Gasteiger charge is 2.46. The molecule has 1 amide bonds. The van der Waals surface area contributed by atoms with Crippen molar-refractivity contribution in [2.75, 3.05) is 6.54 Å². The van der Waals surface area contributed by atoms with Gasteiger partial charge >= 0.3 is 0 Å². The van der Waals surface area contributed by atoms with Crippen molar-refractivity contribution in [1.29, 1.82) is 0 Å². The molecule has 4 rings (SSSR count). The van der Waals surface area contributed by atoms with Crippen LogP contribution in [-0.4, -0.2) is 23.2 Å². The van der Waals surface area contributed by atoms with Crippen molar-refractivity contribution >= 4 is 11.7 Å². The molecule has 1 aromatic rings. The third kappa shape index (κ3) is 1.95. The normalized spacial score (nSPS) is 22.0. The molecule has 0 saturated heterocycles. The number of ketones is 1. The maximum Gasteiger partial charge on any atom is 0.269 e. The highest BCUT2D eigenvalue weighted by atomic mass is 16.2. The molecule has 0 aromatic heterocycles. The molecule has 116 valence electrons. The first-order valence-electron chi connectivity index (χ1n) is 8.05. The molecule has 0 saturated carbocycles. The van der Waals surface area contributed by atoms with Crippen molar-refractivity contribution in [3.8, 4) is 0 Å². The number of hydrazine groups is 1. The van der Waals surface area contributed by atoms with Crippen molar-refractivity contribution < 1.29 is 9.59 Å². The molecule has 2 aliphatic carbocycles. The van der Waals surface area contributed by atoms with Crippen molar-refractivity contribution in [3.05, 3.63) is 70.3 Å². The molecule has 1 N–H and O–H groups in total. The molecule has 1 atom stereocenters. The van der Waals surface area contributed by atoms with Gasteiger partial charge in [-0.15, -0.1) is 0 Å². The van der Waals surface area contributed by atoms with Gasteiger partial charge in [0.2, 0.25) is 0 Å². The van der Waals surface area contributed by atoms with E-state index in [1.165, 1.54) is 0 Å². The molecule has 0 fully saturated rings. The number of fused-ring (bicyclic) bond motifs is 4. The van der Waals surface area contributed by atoms with Gasteiger partial charge in [-0.1, -0.05) is 43.3 Å². The quantitative estimate of drug-likeness (QED) is 0.934. The summed E-state index contributed by atoms with van der Waals surface area (Å²) >= 11 is 0. The predicted octanol–water partition coefficient (Wildman–Crippen LogP) is 2.86. The third-order valence-corrected chi connectivity index (χ3v) is 4.63. The summed E-state index contributed by atoms with van der Waals surface area (Å²) in [6.45, 7) is 2.75. The van der Waals surface area contributed by atoms with Crippen LogP contribution < -0.4 is 5.43 Å². The lowest BCUT2D eigenvalue weighted by Gasteiger charge is -2.37. The monoisotopic (exact) mass is 306 g/mol. The molecule has 4 nitrogen and oxygen atoms in total. The standard InChI is InChI=1S/C19H18N2O2/c1-2-11-20-21-17-13-8-4-5-9-14(13)18(22)16(17)12-7-3-6-10-15(12)19(21)23/h3-6,8-10,17,20H,2,7,11H2,1H3. The molecule has 1 aliphatic heterocycles. The first-order chi connectivity index (χ1) is 11.2. The molecular formula is C19H18N2O2. The van der Waals surface area contributed by atoms with Gasteiger partial charge < -0.3 is 0 Å². The number of carbonyl (C=O) groups excluding carboxylic acids is 2. The van der Waals surface area contributed by atoms with Gasteiger partial charge in [0.05, 0.1) is 0 Å². The Bertz CT molecular complexity index is 801. The van der Waals surface area contributed by atoms with Crippen molar-refractivity contribution in [2.24, 2.45) is 0 Å². The van der Waals surface area contributed by atoms with Crippen molar-refractivity contribution in [1.82, 2.24) is 10.4 Å². The van der Waals surface area contributed by atoms with Crippen LogP contribution in [0.5, 0.6) is 0 Å². The second kappa shape index (κ2) is 5.32. The Morgan fingerprint density at radius 1 is 1.26 bits per heavy atom. The first kappa shape index (κ1) is 14.2. The Morgan fingerprint density at radius 3 is 2.91 bits per heavy atom. The van der Waals surface area contributed by atoms with Crippen molar-refractivity contribution in [2.45, 2.75) is 25.8 Å². The minimum atomic E-state index is -0.309. The number of benzene rings is 1. The second-order valence-electron chi connectivity index (χ2n) is 6.01. The lowest BCUT2D eigenvalue weighted by molar-refractivity contribution is -0.132. The maximum absolute atomic E-state index is 12.9. The van der Waals surface area contributed by atoms with Crippen LogP contribution in [-0.2, 0) is 4.79 Å². The van der Waals surface area contributed by atoms with E-state index in [2.05, 4.69) is 12.3 Å². The summed E-state index contributed by atoms with van der Waals surface area (Å²) in [5.41, 5.74) is 7.14. The number of hydrogen-bond acceptors (Lipinski definition) is 3. The largest absolute Gasteiger partial charge is 0.289 e. The lowest BCUT2D eigenvalue weighted by atomic mass is 9.85. The van der Waals surface area contributed by atoms with Crippen LogP contribution in [0.25, 0.3) is 0 Å². The zero-order valence-electron chi connectivity index (χ0n) is 13.0. The van der Waals surface area contributed by atoms with E-state index >= 15 is 0 Å². The summed E-state index contributed by atoms with van der Waals surface area (Å²) in [6, 6.07) is 7.30. The average molecular weight is 306 g/mol. The van der Waals surface area contributed by atoms with Gasteiger partial charge in [0.15, 0.2) is 5.78 Å². The molecule has 4 heteroatoms. The molecule has 3 aliphatic rings. The van der Waals surface area contributed by atoms with Gasteiger partial charge in [0.25, 0.3) is 5.91 Å². The first-order valence-corrected chi connectivity index (χ1v) is 8.05. The van der Waals surface area contributed by atoms with E-state index in [1.54, 1.807) is 5.01 Å². The Labute approximate surface area is 135 Å². The molecular weight excluding hydrogens is 288 g/mol. The van der Waals surface area contributed by atoms with E-state index in [1.807, 2.05) is 42.5 Å². The Morgan fingerprint density at radius 2 is 2.09 bits per heavy atom. The minimum Gasteiger partial charge on any atom is -0.289 e. The fraction of sp³-hybridized carbons (Fsp3) is 0.263. The number of nitrogens with zero attached hydrogens (tertiary/aromatic N) is 1. The molecule has 0 radical (unpaired) electrons. The van der Waals surface area contributed by atoms with Crippen LogP contribution in [0.15, 0.2) is 59.2 Å². The van der Waals surface area contributed by atoms with Gasteiger partial charge in [-0.3, -0.25) is 14.6 Å². The molecule has 1 heterocycles. The van der Waals surface area contributed by atoms with Crippen LogP contribution in [0.1, 0.15) is 41.7 Å². The van der Waals surface area contributed by atoms with E-state index in [-0.39, 0.29) is 17.7 Å². The summed E-state index contributed by atoms with van der Waals surface area (Å²) in [5, 5.41) is 1.65. The molecule has 1 unspecified atom stereocenters. The summed E-state index contributed by atoms with van der Waals surface area (Å²) in [5.74, 6) is 0.00801. The Hall–Kier alpha value is -2.46. The van der Waals surface area contributed by atoms with E-state index in [4.69, 9.17) is 0 Å². The van der Waals surface area contributed by atoms with E-state index in [9.17, 15) is 9.59 Å². The minimum absolute atomic E-state index is 0.0453. The zero-order valence-corrected chi connectivity index (χ0v) is 13.0. The third-order valence-electron chi connectivity index (χ3n) is 4.63. The van der Waals surface area contributed by atoms with Gasteiger partial charge in [0, 0.05) is 23.3 Å². The van der Waals surface area contributed by atoms with Gasteiger partial charge in [0.1, 0.15) is 6.04 Å². The number of rotatable bonds is 3. The summed E-state index contributed by atoms with van der Waals surface area (Å²) in [6.07, 6.45) is 7.27. The summed E-state index contributed by atoms with van der Waals surface area (Å²) < 4.78 is 0. The van der Waals surface area contributed by atoms with Gasteiger partial charge in [-0.05, 0) is 30.1 Å². The number of hydrogen-bond donors (Lipinski definition) is 1. The van der Waals surface area contributed by atoms with E-state index in [0.717, 1.165) is 23.1 Å². The van der Waals surface area contributed by atoms with Crippen molar-refractivity contribution in [3.63, 3.8) is 0 Å². The Balaban J connectivity index is 1.93.